The Hall–Kier alpha value is -4.28. The summed E-state index contributed by atoms with van der Waals surface area (Å²) in [7, 11) is 3.11. The Balaban J connectivity index is 1.52. The van der Waals surface area contributed by atoms with Crippen molar-refractivity contribution in [3.8, 4) is 23.3 Å². The number of rotatable bonds is 8. The maximum Gasteiger partial charge on any atom is 0.266 e. The van der Waals surface area contributed by atoms with E-state index in [2.05, 4.69) is 45.5 Å². The molecule has 0 aliphatic carbocycles. The Morgan fingerprint density at radius 2 is 1.69 bits per heavy atom. The highest BCUT2D eigenvalue weighted by molar-refractivity contribution is 9.10. The predicted molar refractivity (Wildman–Crippen MR) is 144 cm³/mol. The average Bonchev–Trinajstić information content (AvgIpc) is 2.91. The SMILES string of the molecule is COc1ccc(NC(=O)/C(C#N)=C\c2cc(OC)c(OCc3ccc4ccccc4c3)cc2Br)cc1. The number of ether oxygens (including phenoxy) is 3. The van der Waals surface area contributed by atoms with Gasteiger partial charge in [-0.15, -0.1) is 0 Å². The van der Waals surface area contributed by atoms with Gasteiger partial charge in [-0.3, -0.25) is 4.79 Å². The lowest BCUT2D eigenvalue weighted by molar-refractivity contribution is -0.112. The topological polar surface area (TPSA) is 80.6 Å². The Morgan fingerprint density at radius 1 is 0.944 bits per heavy atom. The van der Waals surface area contributed by atoms with Crippen molar-refractivity contribution in [3.63, 3.8) is 0 Å². The van der Waals surface area contributed by atoms with E-state index in [0.29, 0.717) is 39.6 Å². The summed E-state index contributed by atoms with van der Waals surface area (Å²) in [6, 6.07) is 26.6. The molecule has 4 rings (SSSR count). The third-order valence-electron chi connectivity index (χ3n) is 5.50. The molecule has 6 nitrogen and oxygen atoms in total. The largest absolute Gasteiger partial charge is 0.497 e. The molecule has 0 heterocycles. The summed E-state index contributed by atoms with van der Waals surface area (Å²) in [6.07, 6.45) is 1.50. The van der Waals surface area contributed by atoms with Gasteiger partial charge in [0, 0.05) is 10.2 Å². The molecular formula is C29H23BrN2O4. The van der Waals surface area contributed by atoms with Crippen LogP contribution in [-0.4, -0.2) is 20.1 Å². The van der Waals surface area contributed by atoms with Gasteiger partial charge in [0.1, 0.15) is 24.0 Å². The number of amides is 1. The number of benzene rings is 4. The van der Waals surface area contributed by atoms with E-state index in [4.69, 9.17) is 14.2 Å². The number of halogens is 1. The second kappa shape index (κ2) is 11.4. The van der Waals surface area contributed by atoms with Gasteiger partial charge in [0.05, 0.1) is 14.2 Å². The molecule has 0 aliphatic heterocycles. The predicted octanol–water partition coefficient (Wildman–Crippen LogP) is 6.74. The maximum atomic E-state index is 12.7. The van der Waals surface area contributed by atoms with Gasteiger partial charge in [0.25, 0.3) is 5.91 Å². The van der Waals surface area contributed by atoms with Crippen LogP contribution < -0.4 is 19.5 Å². The molecule has 0 fully saturated rings. The molecule has 0 spiro atoms. The Morgan fingerprint density at radius 3 is 2.39 bits per heavy atom. The van der Waals surface area contributed by atoms with E-state index >= 15 is 0 Å². The molecule has 0 saturated heterocycles. The molecule has 4 aromatic rings. The van der Waals surface area contributed by atoms with Gasteiger partial charge in [0.15, 0.2) is 11.5 Å². The van der Waals surface area contributed by atoms with E-state index in [0.717, 1.165) is 10.9 Å². The van der Waals surface area contributed by atoms with Crippen LogP contribution in [0.1, 0.15) is 11.1 Å². The van der Waals surface area contributed by atoms with Crippen LogP contribution in [0.5, 0.6) is 17.2 Å². The molecule has 0 aromatic heterocycles. The van der Waals surface area contributed by atoms with Gasteiger partial charge in [-0.25, -0.2) is 0 Å². The first-order valence-corrected chi connectivity index (χ1v) is 11.8. The number of carbonyl (C=O) groups excluding carboxylic acids is 1. The third-order valence-corrected chi connectivity index (χ3v) is 6.19. The van der Waals surface area contributed by atoms with E-state index in [9.17, 15) is 10.1 Å². The van der Waals surface area contributed by atoms with Gasteiger partial charge in [-0.1, -0.05) is 52.3 Å². The summed E-state index contributed by atoms with van der Waals surface area (Å²) >= 11 is 3.52. The molecule has 0 bridgehead atoms. The zero-order chi connectivity index (χ0) is 25.5. The summed E-state index contributed by atoms with van der Waals surface area (Å²) in [4.78, 5) is 12.7. The number of carbonyl (C=O) groups is 1. The van der Waals surface area contributed by atoms with E-state index in [1.165, 1.54) is 11.5 Å². The molecule has 7 heteroatoms. The Labute approximate surface area is 217 Å². The normalized spacial score (nSPS) is 11.0. The number of nitrogens with one attached hydrogen (secondary N) is 1. The Bertz CT molecular complexity index is 1470. The zero-order valence-electron chi connectivity index (χ0n) is 19.7. The van der Waals surface area contributed by atoms with Crippen LogP contribution in [-0.2, 0) is 11.4 Å². The molecule has 0 atom stereocenters. The number of fused-ring (bicyclic) bond motifs is 1. The minimum Gasteiger partial charge on any atom is -0.497 e. The fourth-order valence-corrected chi connectivity index (χ4v) is 4.04. The summed E-state index contributed by atoms with van der Waals surface area (Å²) in [6.45, 7) is 0.358. The van der Waals surface area contributed by atoms with Crippen LogP contribution in [0.15, 0.2) is 88.9 Å². The fourth-order valence-electron chi connectivity index (χ4n) is 3.60. The highest BCUT2D eigenvalue weighted by atomic mass is 79.9. The first-order chi connectivity index (χ1) is 17.5. The number of anilines is 1. The van der Waals surface area contributed by atoms with Crippen molar-refractivity contribution in [2.75, 3.05) is 19.5 Å². The lowest BCUT2D eigenvalue weighted by Gasteiger charge is -2.13. The van der Waals surface area contributed by atoms with Crippen molar-refractivity contribution >= 4 is 44.4 Å². The monoisotopic (exact) mass is 542 g/mol. The van der Waals surface area contributed by atoms with Crippen molar-refractivity contribution in [2.24, 2.45) is 0 Å². The molecule has 0 radical (unpaired) electrons. The molecule has 0 unspecified atom stereocenters. The molecule has 0 aliphatic rings. The first-order valence-electron chi connectivity index (χ1n) is 11.1. The minimum atomic E-state index is -0.523. The van der Waals surface area contributed by atoms with E-state index in [1.807, 2.05) is 24.3 Å². The van der Waals surface area contributed by atoms with Crippen LogP contribution in [0.2, 0.25) is 0 Å². The third kappa shape index (κ3) is 5.85. The first kappa shape index (κ1) is 24.8. The number of hydrogen-bond donors (Lipinski definition) is 1. The summed E-state index contributed by atoms with van der Waals surface area (Å²) in [5, 5.41) is 14.6. The van der Waals surface area contributed by atoms with Crippen molar-refractivity contribution in [1.82, 2.24) is 0 Å². The molecule has 0 saturated carbocycles. The molecule has 1 amide bonds. The van der Waals surface area contributed by atoms with E-state index < -0.39 is 5.91 Å². The summed E-state index contributed by atoms with van der Waals surface area (Å²) in [5.74, 6) is 1.17. The molecular weight excluding hydrogens is 520 g/mol. The van der Waals surface area contributed by atoms with Crippen LogP contribution in [0.25, 0.3) is 16.8 Å². The number of hydrogen-bond acceptors (Lipinski definition) is 5. The number of nitrogens with zero attached hydrogens (tertiary/aromatic N) is 1. The quantitative estimate of drug-likeness (QED) is 0.197. The summed E-state index contributed by atoms with van der Waals surface area (Å²) in [5.41, 5.74) is 2.12. The van der Waals surface area contributed by atoms with Crippen LogP contribution >= 0.6 is 15.9 Å². The average molecular weight is 543 g/mol. The molecule has 180 valence electrons. The maximum absolute atomic E-state index is 12.7. The standard InChI is InChI=1S/C29H23BrN2O4/c1-34-25-11-9-24(10-12-25)32-29(33)23(17-31)14-22-15-27(35-2)28(16-26(22)30)36-18-19-7-8-20-5-3-4-6-21(20)13-19/h3-16H,18H2,1-2H3,(H,32,33)/b23-14-. The highest BCUT2D eigenvalue weighted by Gasteiger charge is 2.14. The van der Waals surface area contributed by atoms with Crippen molar-refractivity contribution in [1.29, 1.82) is 5.26 Å². The number of methoxy groups -OCH3 is 2. The molecule has 1 N–H and O–H groups in total. The zero-order valence-corrected chi connectivity index (χ0v) is 21.3. The van der Waals surface area contributed by atoms with Crippen LogP contribution in [0.3, 0.4) is 0 Å². The van der Waals surface area contributed by atoms with Crippen molar-refractivity contribution in [3.05, 3.63) is 100 Å². The van der Waals surface area contributed by atoms with Crippen LogP contribution in [0, 0.1) is 11.3 Å². The van der Waals surface area contributed by atoms with Gasteiger partial charge >= 0.3 is 0 Å². The van der Waals surface area contributed by atoms with E-state index in [-0.39, 0.29) is 5.57 Å². The van der Waals surface area contributed by atoms with Crippen molar-refractivity contribution < 1.29 is 19.0 Å². The molecule has 36 heavy (non-hydrogen) atoms. The lowest BCUT2D eigenvalue weighted by atomic mass is 10.1. The fraction of sp³-hybridized carbons (Fsp3) is 0.103. The highest BCUT2D eigenvalue weighted by Crippen LogP contribution is 2.35. The lowest BCUT2D eigenvalue weighted by Crippen LogP contribution is -2.13. The second-order valence-corrected chi connectivity index (χ2v) is 8.70. The van der Waals surface area contributed by atoms with Gasteiger partial charge < -0.3 is 19.5 Å². The van der Waals surface area contributed by atoms with Gasteiger partial charge in [-0.05, 0) is 70.4 Å². The minimum absolute atomic E-state index is 0.0570. The van der Waals surface area contributed by atoms with Gasteiger partial charge in [-0.2, -0.15) is 5.26 Å². The Kier molecular flexibility index (Phi) is 7.89. The van der Waals surface area contributed by atoms with Crippen molar-refractivity contribution in [2.45, 2.75) is 6.61 Å². The number of nitriles is 1. The van der Waals surface area contributed by atoms with Gasteiger partial charge in [0.2, 0.25) is 0 Å². The molecule has 4 aromatic carbocycles. The smallest absolute Gasteiger partial charge is 0.266 e. The van der Waals surface area contributed by atoms with E-state index in [1.54, 1.807) is 50.6 Å². The second-order valence-electron chi connectivity index (χ2n) is 7.85. The summed E-state index contributed by atoms with van der Waals surface area (Å²) < 4.78 is 17.3. The van der Waals surface area contributed by atoms with Crippen LogP contribution in [0.4, 0.5) is 5.69 Å².